The Morgan fingerprint density at radius 3 is 2.19 bits per heavy atom. The first-order valence-electron chi connectivity index (χ1n) is 6.93. The first-order chi connectivity index (χ1) is 10.2. The predicted octanol–water partition coefficient (Wildman–Crippen LogP) is 1.53. The Balaban J connectivity index is 2.21. The molecule has 6 nitrogen and oxygen atoms in total. The van der Waals surface area contributed by atoms with E-state index < -0.39 is 0 Å². The fourth-order valence-electron chi connectivity index (χ4n) is 1.54. The molecule has 0 saturated carbocycles. The number of ether oxygens (including phenoxy) is 3. The molecule has 21 heavy (non-hydrogen) atoms. The number of hydrogen-bond acceptors (Lipinski definition) is 5. The van der Waals surface area contributed by atoms with Crippen molar-refractivity contribution >= 4 is 11.9 Å². The van der Waals surface area contributed by atoms with Crippen LogP contribution in [-0.4, -0.2) is 38.2 Å². The van der Waals surface area contributed by atoms with Crippen LogP contribution >= 0.6 is 0 Å². The minimum absolute atomic E-state index is 0.100. The lowest BCUT2D eigenvalue weighted by Crippen LogP contribution is -2.31. The lowest BCUT2D eigenvalue weighted by molar-refractivity contribution is -0.143. The maximum atomic E-state index is 11.5. The van der Waals surface area contributed by atoms with Crippen molar-refractivity contribution in [2.75, 3.05) is 26.4 Å². The molecule has 0 aromatic heterocycles. The van der Waals surface area contributed by atoms with Crippen molar-refractivity contribution in [2.24, 2.45) is 0 Å². The summed E-state index contributed by atoms with van der Waals surface area (Å²) in [6.07, 6.45) is 0.155. The number of nitrogens with one attached hydrogen (secondary N) is 1. The van der Waals surface area contributed by atoms with E-state index in [0.29, 0.717) is 19.0 Å². The van der Waals surface area contributed by atoms with Gasteiger partial charge in [-0.15, -0.1) is 0 Å². The van der Waals surface area contributed by atoms with Crippen molar-refractivity contribution in [1.29, 1.82) is 0 Å². The van der Waals surface area contributed by atoms with Crippen molar-refractivity contribution in [3.05, 3.63) is 24.3 Å². The molecule has 1 aromatic carbocycles. The zero-order valence-electron chi connectivity index (χ0n) is 12.4. The Bertz CT molecular complexity index is 444. The predicted molar refractivity (Wildman–Crippen MR) is 77.4 cm³/mol. The van der Waals surface area contributed by atoms with E-state index in [1.807, 2.05) is 6.92 Å². The van der Waals surface area contributed by atoms with Crippen molar-refractivity contribution in [2.45, 2.75) is 20.3 Å². The molecule has 0 aliphatic rings. The minimum Gasteiger partial charge on any atom is -0.494 e. The van der Waals surface area contributed by atoms with E-state index in [2.05, 4.69) is 5.32 Å². The lowest BCUT2D eigenvalue weighted by Gasteiger charge is -2.08. The molecular weight excluding hydrogens is 274 g/mol. The average molecular weight is 295 g/mol. The normalized spacial score (nSPS) is 9.81. The van der Waals surface area contributed by atoms with Crippen LogP contribution in [-0.2, 0) is 14.3 Å². The summed E-state index contributed by atoms with van der Waals surface area (Å²) in [4.78, 5) is 22.6. The van der Waals surface area contributed by atoms with Crippen molar-refractivity contribution in [3.8, 4) is 11.5 Å². The van der Waals surface area contributed by atoms with E-state index in [1.165, 1.54) is 0 Å². The Hall–Kier alpha value is -2.24. The van der Waals surface area contributed by atoms with E-state index in [-0.39, 0.29) is 31.4 Å². The molecule has 0 atom stereocenters. The van der Waals surface area contributed by atoms with Crippen LogP contribution < -0.4 is 14.8 Å². The highest BCUT2D eigenvalue weighted by Gasteiger charge is 2.05. The molecule has 1 amide bonds. The fourth-order valence-corrected chi connectivity index (χ4v) is 1.54. The van der Waals surface area contributed by atoms with Crippen LogP contribution in [0.4, 0.5) is 0 Å². The molecular formula is C15H21NO5. The van der Waals surface area contributed by atoms with E-state index >= 15 is 0 Å². The topological polar surface area (TPSA) is 73.9 Å². The summed E-state index contributed by atoms with van der Waals surface area (Å²) in [6, 6.07) is 7.02. The van der Waals surface area contributed by atoms with Crippen LogP contribution in [0.3, 0.4) is 0 Å². The minimum atomic E-state index is -0.328. The van der Waals surface area contributed by atoms with Gasteiger partial charge in [-0.1, -0.05) is 0 Å². The van der Waals surface area contributed by atoms with Gasteiger partial charge in [-0.25, -0.2) is 0 Å². The van der Waals surface area contributed by atoms with E-state index in [4.69, 9.17) is 14.2 Å². The highest BCUT2D eigenvalue weighted by atomic mass is 16.5. The van der Waals surface area contributed by atoms with Crippen molar-refractivity contribution < 1.29 is 23.8 Å². The number of esters is 1. The molecule has 0 aliphatic heterocycles. The third-order valence-corrected chi connectivity index (χ3v) is 2.46. The average Bonchev–Trinajstić information content (AvgIpc) is 2.47. The molecule has 1 rings (SSSR count). The van der Waals surface area contributed by atoms with Crippen molar-refractivity contribution in [1.82, 2.24) is 5.32 Å². The van der Waals surface area contributed by atoms with Crippen LogP contribution in [0.5, 0.6) is 11.5 Å². The highest BCUT2D eigenvalue weighted by Crippen LogP contribution is 2.17. The number of carbonyl (C=O) groups is 2. The molecule has 0 fully saturated rings. The van der Waals surface area contributed by atoms with Crippen molar-refractivity contribution in [3.63, 3.8) is 0 Å². The van der Waals surface area contributed by atoms with Crippen LogP contribution in [0.25, 0.3) is 0 Å². The first-order valence-corrected chi connectivity index (χ1v) is 6.93. The number of benzene rings is 1. The zero-order chi connectivity index (χ0) is 15.5. The molecule has 116 valence electrons. The summed E-state index contributed by atoms with van der Waals surface area (Å²) in [5, 5.41) is 2.58. The molecule has 0 spiro atoms. The third-order valence-electron chi connectivity index (χ3n) is 2.46. The SMILES string of the molecule is CCOC(=O)CCNC(=O)COc1ccc(OCC)cc1. The zero-order valence-corrected chi connectivity index (χ0v) is 12.4. The summed E-state index contributed by atoms with van der Waals surface area (Å²) in [5.41, 5.74) is 0. The highest BCUT2D eigenvalue weighted by molar-refractivity contribution is 5.78. The first kappa shape index (κ1) is 16.8. The quantitative estimate of drug-likeness (QED) is 0.699. The number of carbonyl (C=O) groups excluding carboxylic acids is 2. The summed E-state index contributed by atoms with van der Waals surface area (Å²) < 4.78 is 15.4. The molecule has 1 aromatic rings. The Kier molecular flexibility index (Phi) is 7.71. The maximum Gasteiger partial charge on any atom is 0.307 e. The molecule has 0 unspecified atom stereocenters. The fraction of sp³-hybridized carbons (Fsp3) is 0.467. The van der Waals surface area contributed by atoms with E-state index in [1.54, 1.807) is 31.2 Å². The molecule has 6 heteroatoms. The molecule has 0 heterocycles. The second-order valence-electron chi connectivity index (χ2n) is 4.10. The van der Waals surface area contributed by atoms with Gasteiger partial charge in [0.25, 0.3) is 5.91 Å². The van der Waals surface area contributed by atoms with Gasteiger partial charge < -0.3 is 19.5 Å². The summed E-state index contributed by atoms with van der Waals surface area (Å²) in [7, 11) is 0. The lowest BCUT2D eigenvalue weighted by atomic mass is 10.3. The monoisotopic (exact) mass is 295 g/mol. The number of hydrogen-bond donors (Lipinski definition) is 1. The van der Waals surface area contributed by atoms with Crippen LogP contribution in [0.2, 0.25) is 0 Å². The summed E-state index contributed by atoms with van der Waals surface area (Å²) in [5.74, 6) is 0.723. The maximum absolute atomic E-state index is 11.5. The Morgan fingerprint density at radius 1 is 1.00 bits per heavy atom. The molecule has 0 bridgehead atoms. The largest absolute Gasteiger partial charge is 0.494 e. The Morgan fingerprint density at radius 2 is 1.62 bits per heavy atom. The van der Waals surface area contributed by atoms with Gasteiger partial charge in [0, 0.05) is 6.54 Å². The smallest absolute Gasteiger partial charge is 0.307 e. The van der Waals surface area contributed by atoms with Gasteiger partial charge in [-0.05, 0) is 38.1 Å². The molecule has 0 saturated heterocycles. The third kappa shape index (κ3) is 7.20. The van der Waals surface area contributed by atoms with Gasteiger partial charge in [-0.2, -0.15) is 0 Å². The van der Waals surface area contributed by atoms with Gasteiger partial charge in [0.2, 0.25) is 0 Å². The van der Waals surface area contributed by atoms with Gasteiger partial charge in [0.05, 0.1) is 19.6 Å². The van der Waals surface area contributed by atoms with Gasteiger partial charge in [0.15, 0.2) is 6.61 Å². The summed E-state index contributed by atoms with van der Waals surface area (Å²) in [6.45, 7) is 4.73. The van der Waals surface area contributed by atoms with Crippen LogP contribution in [0, 0.1) is 0 Å². The van der Waals surface area contributed by atoms with Crippen LogP contribution in [0.15, 0.2) is 24.3 Å². The standard InChI is InChI=1S/C15H21NO5/c1-3-19-12-5-7-13(8-6-12)21-11-14(17)16-10-9-15(18)20-4-2/h5-8H,3-4,9-11H2,1-2H3,(H,16,17). The number of amides is 1. The second-order valence-corrected chi connectivity index (χ2v) is 4.10. The van der Waals surface area contributed by atoms with Gasteiger partial charge in [-0.3, -0.25) is 9.59 Å². The van der Waals surface area contributed by atoms with Gasteiger partial charge >= 0.3 is 5.97 Å². The molecule has 0 radical (unpaired) electrons. The summed E-state index contributed by atoms with van der Waals surface area (Å²) >= 11 is 0. The van der Waals surface area contributed by atoms with Crippen LogP contribution in [0.1, 0.15) is 20.3 Å². The number of rotatable bonds is 9. The Labute approximate surface area is 124 Å². The van der Waals surface area contributed by atoms with Gasteiger partial charge in [0.1, 0.15) is 11.5 Å². The molecule has 0 aliphatic carbocycles. The molecule has 1 N–H and O–H groups in total. The second kappa shape index (κ2) is 9.63. The van der Waals surface area contributed by atoms with E-state index in [9.17, 15) is 9.59 Å². The van der Waals surface area contributed by atoms with E-state index in [0.717, 1.165) is 5.75 Å².